The average molecular weight is 711 g/mol. The lowest BCUT2D eigenvalue weighted by molar-refractivity contribution is -0.0646. The number of pyridine rings is 2. The molecule has 7 rings (SSSR count). The van der Waals surface area contributed by atoms with Crippen LogP contribution in [-0.4, -0.2) is 50.7 Å². The number of amides is 2. The highest BCUT2D eigenvalue weighted by Crippen LogP contribution is 2.64. The van der Waals surface area contributed by atoms with Crippen LogP contribution < -0.4 is 10.6 Å². The van der Waals surface area contributed by atoms with Crippen molar-refractivity contribution in [3.05, 3.63) is 101 Å². The van der Waals surface area contributed by atoms with E-state index in [1.807, 2.05) is 55.5 Å². The van der Waals surface area contributed by atoms with Crippen molar-refractivity contribution in [2.24, 2.45) is 17.3 Å². The molecule has 8 nitrogen and oxygen atoms in total. The van der Waals surface area contributed by atoms with Crippen molar-refractivity contribution in [3.8, 4) is 40.6 Å². The number of nitrogens with zero attached hydrogens (tertiary/aromatic N) is 2. The van der Waals surface area contributed by atoms with Gasteiger partial charge in [-0.3, -0.25) is 19.6 Å². The molecule has 2 aromatic heterocycles. The monoisotopic (exact) mass is 710 g/mol. The third-order valence-corrected chi connectivity index (χ3v) is 12.5. The molecule has 2 heterocycles. The van der Waals surface area contributed by atoms with Gasteiger partial charge >= 0.3 is 0 Å². The summed E-state index contributed by atoms with van der Waals surface area (Å²) in [6.07, 6.45) is 18.2. The predicted octanol–water partition coefficient (Wildman–Crippen LogP) is 7.77. The number of rotatable bonds is 11. The SMILES string of the molecule is C#C[C@@]1(O)CC[C@H]2[C@@H]3CCc4cc(O)cc(-c5ccc(C(=O)NCCCCCCNC(=O)c6ccnc(-c7cc(C)ccn7)c6)cc5)c4[C@H]3CC[C@@]21C. The van der Waals surface area contributed by atoms with Gasteiger partial charge in [0.25, 0.3) is 11.8 Å². The molecular formula is C45H50N4O4. The first kappa shape index (κ1) is 36.4. The molecule has 3 aliphatic carbocycles. The second kappa shape index (κ2) is 15.2. The molecule has 0 bridgehead atoms. The van der Waals surface area contributed by atoms with E-state index in [4.69, 9.17) is 6.42 Å². The van der Waals surface area contributed by atoms with Gasteiger partial charge in [-0.2, -0.15) is 0 Å². The van der Waals surface area contributed by atoms with Gasteiger partial charge in [-0.15, -0.1) is 6.42 Å². The molecule has 53 heavy (non-hydrogen) atoms. The Morgan fingerprint density at radius 1 is 0.849 bits per heavy atom. The van der Waals surface area contributed by atoms with Gasteiger partial charge in [-0.05, 0) is 152 Å². The van der Waals surface area contributed by atoms with Gasteiger partial charge < -0.3 is 20.8 Å². The van der Waals surface area contributed by atoms with Crippen LogP contribution in [0.2, 0.25) is 0 Å². The minimum atomic E-state index is -1.04. The number of aryl methyl sites for hydroxylation is 2. The Bertz CT molecular complexity index is 2040. The van der Waals surface area contributed by atoms with E-state index in [0.29, 0.717) is 54.1 Å². The number of carbonyl (C=O) groups is 2. The third-order valence-electron chi connectivity index (χ3n) is 12.5. The average Bonchev–Trinajstić information content (AvgIpc) is 3.45. The van der Waals surface area contributed by atoms with Gasteiger partial charge in [-0.25, -0.2) is 0 Å². The molecule has 3 aliphatic rings. The lowest BCUT2D eigenvalue weighted by Crippen LogP contribution is -2.50. The molecular weight excluding hydrogens is 661 g/mol. The molecule has 0 aliphatic heterocycles. The van der Waals surface area contributed by atoms with E-state index in [0.717, 1.165) is 80.2 Å². The largest absolute Gasteiger partial charge is 0.508 e. The van der Waals surface area contributed by atoms with Crippen LogP contribution in [-0.2, 0) is 6.42 Å². The number of carbonyl (C=O) groups excluding carboxylic acids is 2. The zero-order valence-corrected chi connectivity index (χ0v) is 30.8. The first-order valence-corrected chi connectivity index (χ1v) is 19.2. The fraction of sp³-hybridized carbons (Fsp3) is 0.422. The van der Waals surface area contributed by atoms with Crippen molar-refractivity contribution in [2.45, 2.75) is 89.6 Å². The highest BCUT2D eigenvalue weighted by atomic mass is 16.3. The number of hydrogen-bond donors (Lipinski definition) is 4. The minimum absolute atomic E-state index is 0.104. The lowest BCUT2D eigenvalue weighted by atomic mass is 9.53. The number of unbranched alkanes of at least 4 members (excludes halogenated alkanes) is 3. The van der Waals surface area contributed by atoms with E-state index in [9.17, 15) is 19.8 Å². The first-order chi connectivity index (χ1) is 25.6. The molecule has 274 valence electrons. The summed E-state index contributed by atoms with van der Waals surface area (Å²) < 4.78 is 0. The van der Waals surface area contributed by atoms with Crippen LogP contribution in [0.5, 0.6) is 5.75 Å². The summed E-state index contributed by atoms with van der Waals surface area (Å²) >= 11 is 0. The number of fused-ring (bicyclic) bond motifs is 5. The summed E-state index contributed by atoms with van der Waals surface area (Å²) in [6.45, 7) is 5.36. The van der Waals surface area contributed by atoms with Crippen molar-refractivity contribution < 1.29 is 19.8 Å². The van der Waals surface area contributed by atoms with E-state index in [-0.39, 0.29) is 23.0 Å². The van der Waals surface area contributed by atoms with E-state index in [1.165, 1.54) is 11.1 Å². The quantitative estimate of drug-likeness (QED) is 0.0932. The van der Waals surface area contributed by atoms with Crippen LogP contribution in [0.25, 0.3) is 22.5 Å². The molecule has 5 atom stereocenters. The summed E-state index contributed by atoms with van der Waals surface area (Å²) in [7, 11) is 0. The van der Waals surface area contributed by atoms with E-state index < -0.39 is 5.60 Å². The number of benzene rings is 2. The Morgan fingerprint density at radius 2 is 1.53 bits per heavy atom. The van der Waals surface area contributed by atoms with E-state index in [1.54, 1.807) is 24.5 Å². The second-order valence-corrected chi connectivity index (χ2v) is 15.6. The maximum absolute atomic E-state index is 13.0. The Hall–Kier alpha value is -5.00. The molecule has 0 unspecified atom stereocenters. The van der Waals surface area contributed by atoms with Crippen LogP contribution in [0, 0.1) is 36.5 Å². The summed E-state index contributed by atoms with van der Waals surface area (Å²) in [5, 5.41) is 28.1. The number of phenolic OH excluding ortho intramolecular Hbond substituents is 1. The fourth-order valence-electron chi connectivity index (χ4n) is 9.60. The summed E-state index contributed by atoms with van der Waals surface area (Å²) in [4.78, 5) is 34.5. The van der Waals surface area contributed by atoms with Crippen molar-refractivity contribution in [3.63, 3.8) is 0 Å². The second-order valence-electron chi connectivity index (χ2n) is 15.6. The Morgan fingerprint density at radius 3 is 2.23 bits per heavy atom. The number of hydrogen-bond acceptors (Lipinski definition) is 6. The van der Waals surface area contributed by atoms with Crippen LogP contribution in [0.1, 0.15) is 108 Å². The van der Waals surface area contributed by atoms with Crippen molar-refractivity contribution in [1.29, 1.82) is 0 Å². The summed E-state index contributed by atoms with van der Waals surface area (Å²) in [6, 6.07) is 18.9. The van der Waals surface area contributed by atoms with Gasteiger partial charge in [0.15, 0.2) is 0 Å². The van der Waals surface area contributed by atoms with Gasteiger partial charge in [0, 0.05) is 42.0 Å². The van der Waals surface area contributed by atoms with Crippen molar-refractivity contribution in [1.82, 2.24) is 20.6 Å². The lowest BCUT2D eigenvalue weighted by Gasteiger charge is -2.52. The Kier molecular flexibility index (Phi) is 10.4. The fourth-order valence-corrected chi connectivity index (χ4v) is 9.60. The topological polar surface area (TPSA) is 124 Å². The third kappa shape index (κ3) is 7.20. The number of aromatic nitrogens is 2. The molecule has 0 saturated heterocycles. The van der Waals surface area contributed by atoms with E-state index in [2.05, 4.69) is 33.4 Å². The molecule has 2 amide bonds. The van der Waals surface area contributed by atoms with Crippen LogP contribution in [0.4, 0.5) is 0 Å². The maximum atomic E-state index is 13.0. The van der Waals surface area contributed by atoms with Crippen LogP contribution in [0.15, 0.2) is 73.1 Å². The highest BCUT2D eigenvalue weighted by Gasteiger charge is 2.61. The standard InChI is InChI=1S/C45H50N4O4/c1-4-45(53)20-16-38-35-14-13-32-26-34(50)28-37(41(32)36(35)15-19-44(38,45)3)30-9-11-31(12-10-30)42(51)48-21-7-5-6-8-22-49-43(52)33-18-24-47-40(27-33)39-25-29(2)17-23-46-39/h1,9-12,17-18,23-28,35-36,38,50,53H,5-8,13-16,19-22H2,2-3H3,(H,48,51)(H,49,52)/t35-,36+,38+,44+,45-/m1/s1. The molecule has 0 spiro atoms. The zero-order valence-electron chi connectivity index (χ0n) is 30.8. The number of aromatic hydroxyl groups is 1. The first-order valence-electron chi connectivity index (χ1n) is 19.2. The van der Waals surface area contributed by atoms with E-state index >= 15 is 0 Å². The molecule has 2 saturated carbocycles. The molecule has 8 heteroatoms. The molecule has 4 aromatic rings. The molecule has 4 N–H and O–H groups in total. The van der Waals surface area contributed by atoms with Crippen LogP contribution in [0.3, 0.4) is 0 Å². The van der Waals surface area contributed by atoms with Crippen molar-refractivity contribution in [2.75, 3.05) is 13.1 Å². The van der Waals surface area contributed by atoms with Crippen LogP contribution >= 0.6 is 0 Å². The molecule has 2 aromatic carbocycles. The smallest absolute Gasteiger partial charge is 0.251 e. The number of terminal acetylenes is 1. The zero-order chi connectivity index (χ0) is 37.2. The van der Waals surface area contributed by atoms with Crippen molar-refractivity contribution >= 4 is 11.8 Å². The summed E-state index contributed by atoms with van der Waals surface area (Å²) in [5.74, 6) is 3.97. The Labute approximate surface area is 312 Å². The van der Waals surface area contributed by atoms with Gasteiger partial charge in [0.2, 0.25) is 0 Å². The number of nitrogens with one attached hydrogen (secondary N) is 2. The predicted molar refractivity (Wildman–Crippen MR) is 207 cm³/mol. The van der Waals surface area contributed by atoms with Gasteiger partial charge in [0.1, 0.15) is 11.4 Å². The van der Waals surface area contributed by atoms with Gasteiger partial charge in [0.05, 0.1) is 11.4 Å². The number of phenols is 1. The number of aliphatic hydroxyl groups is 1. The normalized spacial score (nSPS) is 24.3. The molecule has 2 fully saturated rings. The summed E-state index contributed by atoms with van der Waals surface area (Å²) in [5.41, 5.74) is 6.92. The van der Waals surface area contributed by atoms with Gasteiger partial charge in [-0.1, -0.05) is 37.8 Å². The minimum Gasteiger partial charge on any atom is -0.508 e. The molecule has 0 radical (unpaired) electrons. The Balaban J connectivity index is 0.883. The maximum Gasteiger partial charge on any atom is 0.251 e. The highest BCUT2D eigenvalue weighted by molar-refractivity contribution is 5.95.